The Balaban J connectivity index is 1.48. The molecule has 1 aliphatic carbocycles. The highest BCUT2D eigenvalue weighted by Crippen LogP contribution is 2.40. The van der Waals surface area contributed by atoms with Gasteiger partial charge in [0.2, 0.25) is 0 Å². The number of aliphatic hydroxyl groups is 1. The van der Waals surface area contributed by atoms with Crippen LogP contribution in [-0.2, 0) is 10.3 Å². The largest absolute Gasteiger partial charge is 0.386 e. The number of amides is 1. The van der Waals surface area contributed by atoms with E-state index >= 15 is 0 Å². The third kappa shape index (κ3) is 5.98. The summed E-state index contributed by atoms with van der Waals surface area (Å²) in [6.07, 6.45) is 8.87. The number of allylic oxidation sites excluding steroid dienone is 3. The molecule has 2 unspecified atom stereocenters. The molecule has 2 heterocycles. The van der Waals surface area contributed by atoms with Crippen LogP contribution in [0.25, 0.3) is 0 Å². The van der Waals surface area contributed by atoms with Gasteiger partial charge in [0.15, 0.2) is 0 Å². The van der Waals surface area contributed by atoms with E-state index in [4.69, 9.17) is 11.2 Å². The van der Waals surface area contributed by atoms with Crippen molar-refractivity contribution >= 4 is 5.91 Å². The Morgan fingerprint density at radius 2 is 2.03 bits per heavy atom. The zero-order chi connectivity index (χ0) is 27.0. The standard InChI is InChI=1S/C30H38F2N2O3/c1-6-21-15-23(16-21)24(7-2)26-17-33(18-27(31)32)19-30(37-26)10-12-34(13-11-30)28(35)22-8-9-25(20(3)14-22)29(4,5)36/h1,7-9,14-15,23,26-27,36H,10-13,16-19H2,2-5H3. The number of carbonyl (C=O) groups excluding carboxylic acids is 1. The number of piperidine rings is 1. The first-order valence-electron chi connectivity index (χ1n) is 13.1. The van der Waals surface area contributed by atoms with E-state index in [9.17, 15) is 18.7 Å². The van der Waals surface area contributed by atoms with Crippen LogP contribution in [0.5, 0.6) is 0 Å². The van der Waals surface area contributed by atoms with Crippen molar-refractivity contribution in [1.82, 2.24) is 9.80 Å². The van der Waals surface area contributed by atoms with Crippen LogP contribution in [0.1, 0.15) is 61.5 Å². The lowest BCUT2D eigenvalue weighted by atomic mass is 9.78. The third-order valence-electron chi connectivity index (χ3n) is 7.98. The lowest BCUT2D eigenvalue weighted by Crippen LogP contribution is -2.61. The van der Waals surface area contributed by atoms with Crippen molar-refractivity contribution < 1.29 is 23.4 Å². The first-order chi connectivity index (χ1) is 17.4. The van der Waals surface area contributed by atoms with E-state index in [1.165, 1.54) is 0 Å². The van der Waals surface area contributed by atoms with Crippen LogP contribution >= 0.6 is 0 Å². The number of alkyl halides is 2. The van der Waals surface area contributed by atoms with Crippen LogP contribution in [0.3, 0.4) is 0 Å². The molecule has 1 aromatic rings. The molecule has 0 radical (unpaired) electrons. The van der Waals surface area contributed by atoms with Crippen molar-refractivity contribution in [1.29, 1.82) is 0 Å². The number of hydrogen-bond acceptors (Lipinski definition) is 4. The quantitative estimate of drug-likeness (QED) is 0.444. The molecule has 1 aromatic carbocycles. The van der Waals surface area contributed by atoms with Crippen molar-refractivity contribution in [3.05, 3.63) is 58.2 Å². The van der Waals surface area contributed by atoms with Gasteiger partial charge in [-0.2, -0.15) is 0 Å². The number of likely N-dealkylation sites (tertiary alicyclic amines) is 1. The molecule has 1 N–H and O–H groups in total. The number of terminal acetylenes is 1. The van der Waals surface area contributed by atoms with Gasteiger partial charge in [-0.3, -0.25) is 9.69 Å². The van der Waals surface area contributed by atoms with Crippen molar-refractivity contribution in [3.8, 4) is 12.3 Å². The Morgan fingerprint density at radius 1 is 1.35 bits per heavy atom. The van der Waals surface area contributed by atoms with Crippen LogP contribution in [0, 0.1) is 25.2 Å². The topological polar surface area (TPSA) is 53.0 Å². The van der Waals surface area contributed by atoms with Crippen molar-refractivity contribution in [3.63, 3.8) is 0 Å². The van der Waals surface area contributed by atoms with E-state index in [0.717, 1.165) is 28.7 Å². The predicted molar refractivity (Wildman–Crippen MR) is 140 cm³/mol. The molecule has 1 amide bonds. The van der Waals surface area contributed by atoms with E-state index in [1.54, 1.807) is 19.9 Å². The molecule has 0 aromatic heterocycles. The molecular weight excluding hydrogens is 474 g/mol. The van der Waals surface area contributed by atoms with Gasteiger partial charge in [0.1, 0.15) is 0 Å². The van der Waals surface area contributed by atoms with E-state index < -0.39 is 17.6 Å². The summed E-state index contributed by atoms with van der Waals surface area (Å²) in [6, 6.07) is 5.40. The van der Waals surface area contributed by atoms with Gasteiger partial charge in [0.05, 0.1) is 23.9 Å². The van der Waals surface area contributed by atoms with Crippen LogP contribution in [0.15, 0.2) is 41.5 Å². The molecule has 0 bridgehead atoms. The summed E-state index contributed by atoms with van der Waals surface area (Å²) in [6.45, 7) is 8.88. The third-order valence-corrected chi connectivity index (χ3v) is 7.98. The highest BCUT2D eigenvalue weighted by atomic mass is 19.3. The van der Waals surface area contributed by atoms with Gasteiger partial charge in [-0.05, 0) is 81.4 Å². The number of morpholine rings is 1. The van der Waals surface area contributed by atoms with Crippen LogP contribution < -0.4 is 0 Å². The maximum absolute atomic E-state index is 13.4. The minimum atomic E-state index is -2.42. The predicted octanol–water partition coefficient (Wildman–Crippen LogP) is 4.69. The highest BCUT2D eigenvalue weighted by molar-refractivity contribution is 5.94. The number of benzene rings is 1. The van der Waals surface area contributed by atoms with Gasteiger partial charge in [0.25, 0.3) is 12.3 Å². The molecule has 200 valence electrons. The second kappa shape index (κ2) is 10.7. The van der Waals surface area contributed by atoms with Gasteiger partial charge in [-0.25, -0.2) is 8.78 Å². The van der Waals surface area contributed by atoms with Gasteiger partial charge >= 0.3 is 0 Å². The fraction of sp³-hybridized carbons (Fsp3) is 0.567. The maximum atomic E-state index is 13.4. The fourth-order valence-electron chi connectivity index (χ4n) is 6.06. The molecule has 1 spiro atoms. The van der Waals surface area contributed by atoms with E-state index in [0.29, 0.717) is 44.6 Å². The number of ether oxygens (including phenoxy) is 1. The van der Waals surface area contributed by atoms with Crippen molar-refractivity contribution in [2.75, 3.05) is 32.7 Å². The number of hydrogen-bond donors (Lipinski definition) is 1. The second-order valence-electron chi connectivity index (χ2n) is 11.2. The van der Waals surface area contributed by atoms with Crippen LogP contribution in [0.2, 0.25) is 0 Å². The molecule has 2 aliphatic heterocycles. The summed E-state index contributed by atoms with van der Waals surface area (Å²) in [5.74, 6) is 2.80. The smallest absolute Gasteiger partial charge is 0.253 e. The Morgan fingerprint density at radius 3 is 2.57 bits per heavy atom. The van der Waals surface area contributed by atoms with E-state index in [-0.39, 0.29) is 24.5 Å². The van der Waals surface area contributed by atoms with Gasteiger partial charge in [-0.15, -0.1) is 6.42 Å². The normalized spacial score (nSPS) is 24.6. The first kappa shape index (κ1) is 27.5. The number of halogens is 2. The molecule has 0 saturated carbocycles. The fourth-order valence-corrected chi connectivity index (χ4v) is 6.06. The summed E-state index contributed by atoms with van der Waals surface area (Å²) in [5, 5.41) is 10.3. The molecule has 4 rings (SSSR count). The monoisotopic (exact) mass is 512 g/mol. The van der Waals surface area contributed by atoms with Gasteiger partial charge in [-0.1, -0.05) is 24.1 Å². The van der Waals surface area contributed by atoms with Gasteiger partial charge in [0, 0.05) is 37.7 Å². The van der Waals surface area contributed by atoms with E-state index in [1.807, 2.05) is 41.9 Å². The lowest BCUT2D eigenvalue weighted by Gasteiger charge is -2.51. The average molecular weight is 513 g/mol. The highest BCUT2D eigenvalue weighted by Gasteiger charge is 2.46. The summed E-state index contributed by atoms with van der Waals surface area (Å²) in [5.41, 5.74) is 2.75. The second-order valence-corrected chi connectivity index (χ2v) is 11.2. The van der Waals surface area contributed by atoms with Crippen molar-refractivity contribution in [2.45, 2.75) is 70.7 Å². The SMILES string of the molecule is C#CC1=CC(C(=CC)C2CN(CC(F)F)CC3(CCN(C(=O)c4ccc(C(C)(C)O)c(C)c4)CC3)O2)C1. The summed E-state index contributed by atoms with van der Waals surface area (Å²) in [7, 11) is 0. The molecule has 2 atom stereocenters. The molecule has 3 aliphatic rings. The molecule has 2 saturated heterocycles. The first-order valence-corrected chi connectivity index (χ1v) is 13.1. The molecule has 2 fully saturated rings. The Bertz CT molecular complexity index is 1120. The summed E-state index contributed by atoms with van der Waals surface area (Å²) in [4.78, 5) is 16.9. The lowest BCUT2D eigenvalue weighted by molar-refractivity contribution is -0.167. The number of carbonyl (C=O) groups is 1. The number of aryl methyl sites for hydroxylation is 1. The zero-order valence-corrected chi connectivity index (χ0v) is 22.3. The zero-order valence-electron chi connectivity index (χ0n) is 22.3. The number of nitrogens with zero attached hydrogens (tertiary/aromatic N) is 2. The molecule has 7 heteroatoms. The van der Waals surface area contributed by atoms with Crippen LogP contribution in [0.4, 0.5) is 8.78 Å². The molecular formula is C30H38F2N2O3. The minimum absolute atomic E-state index is 0.0624. The minimum Gasteiger partial charge on any atom is -0.386 e. The Hall–Kier alpha value is -2.53. The molecule has 37 heavy (non-hydrogen) atoms. The summed E-state index contributed by atoms with van der Waals surface area (Å²) >= 11 is 0. The number of rotatable bonds is 6. The Labute approximate surface area is 219 Å². The van der Waals surface area contributed by atoms with E-state index in [2.05, 4.69) is 12.0 Å². The van der Waals surface area contributed by atoms with Gasteiger partial charge < -0.3 is 14.7 Å². The Kier molecular flexibility index (Phi) is 7.94. The average Bonchev–Trinajstić information content (AvgIpc) is 2.79. The maximum Gasteiger partial charge on any atom is 0.253 e. The van der Waals surface area contributed by atoms with Crippen LogP contribution in [-0.4, -0.2) is 71.7 Å². The van der Waals surface area contributed by atoms with Crippen molar-refractivity contribution in [2.24, 2.45) is 5.92 Å². The summed E-state index contributed by atoms with van der Waals surface area (Å²) < 4.78 is 33.5. The molecule has 5 nitrogen and oxygen atoms in total.